The van der Waals surface area contributed by atoms with E-state index in [1.165, 1.54) is 16.8 Å². The molecular formula is C15H21NO2. The summed E-state index contributed by atoms with van der Waals surface area (Å²) in [5, 5.41) is 0. The van der Waals surface area contributed by atoms with Crippen LogP contribution in [0.2, 0.25) is 0 Å². The summed E-state index contributed by atoms with van der Waals surface area (Å²) in [4.78, 5) is 13.9. The minimum absolute atomic E-state index is 0.0800. The maximum atomic E-state index is 11.7. The third-order valence-electron chi connectivity index (χ3n) is 3.35. The molecule has 1 aromatic carbocycles. The van der Waals surface area contributed by atoms with Crippen LogP contribution in [0.3, 0.4) is 0 Å². The molecule has 0 aliphatic carbocycles. The summed E-state index contributed by atoms with van der Waals surface area (Å²) in [6.07, 6.45) is 0. The summed E-state index contributed by atoms with van der Waals surface area (Å²) in [6.45, 7) is 9.54. The van der Waals surface area contributed by atoms with Gasteiger partial charge in [-0.15, -0.1) is 0 Å². The lowest BCUT2D eigenvalue weighted by molar-refractivity contribution is -0.142. The first-order valence-corrected chi connectivity index (χ1v) is 6.59. The third kappa shape index (κ3) is 2.35. The molecule has 0 radical (unpaired) electrons. The second-order valence-corrected chi connectivity index (χ2v) is 5.09. The van der Waals surface area contributed by atoms with Gasteiger partial charge in [0, 0.05) is 5.69 Å². The van der Waals surface area contributed by atoms with Gasteiger partial charge in [0.2, 0.25) is 0 Å². The quantitative estimate of drug-likeness (QED) is 0.605. The van der Waals surface area contributed by atoms with Gasteiger partial charge >= 0.3 is 5.97 Å². The highest BCUT2D eigenvalue weighted by Gasteiger charge is 2.43. The molecule has 3 nitrogen and oxygen atoms in total. The smallest absolute Gasteiger partial charge is 0.330 e. The van der Waals surface area contributed by atoms with Gasteiger partial charge in [-0.05, 0) is 30.9 Å². The highest BCUT2D eigenvalue weighted by atomic mass is 16.5. The van der Waals surface area contributed by atoms with Crippen molar-refractivity contribution in [2.45, 2.75) is 39.7 Å². The van der Waals surface area contributed by atoms with Crippen LogP contribution in [0.1, 0.15) is 37.8 Å². The molecule has 1 unspecified atom stereocenters. The molecule has 0 spiro atoms. The summed E-state index contributed by atoms with van der Waals surface area (Å²) in [5.74, 6) is 0.360. The molecule has 1 fully saturated rings. The Bertz CT molecular complexity index is 454. The Balaban J connectivity index is 2.23. The molecule has 1 saturated heterocycles. The molecule has 0 aromatic heterocycles. The number of benzene rings is 1. The maximum absolute atomic E-state index is 11.7. The van der Waals surface area contributed by atoms with E-state index < -0.39 is 0 Å². The summed E-state index contributed by atoms with van der Waals surface area (Å²) < 4.78 is 5.08. The summed E-state index contributed by atoms with van der Waals surface area (Å²) in [6, 6.07) is 6.25. The number of ether oxygens (including phenoxy) is 1. The summed E-state index contributed by atoms with van der Waals surface area (Å²) in [5.41, 5.74) is 3.75. The van der Waals surface area contributed by atoms with Crippen molar-refractivity contribution in [3.8, 4) is 0 Å². The molecule has 3 heteroatoms. The lowest BCUT2D eigenvalue weighted by atomic mass is 9.98. The van der Waals surface area contributed by atoms with Crippen LogP contribution in [0.25, 0.3) is 0 Å². The number of aryl methyl sites for hydroxylation is 1. The Morgan fingerprint density at radius 2 is 2.22 bits per heavy atom. The van der Waals surface area contributed by atoms with E-state index in [2.05, 4.69) is 43.9 Å². The predicted octanol–water partition coefficient (Wildman–Crippen LogP) is 2.87. The SMILES string of the molecule is CCOC(=O)C1CN1c1c(C)cccc1C(C)C. The van der Waals surface area contributed by atoms with Crippen LogP contribution >= 0.6 is 0 Å². The van der Waals surface area contributed by atoms with E-state index in [4.69, 9.17) is 4.74 Å². The van der Waals surface area contributed by atoms with Gasteiger partial charge in [-0.2, -0.15) is 0 Å². The normalized spacial score (nSPS) is 18.1. The molecule has 18 heavy (non-hydrogen) atoms. The topological polar surface area (TPSA) is 29.3 Å². The molecular weight excluding hydrogens is 226 g/mol. The zero-order valence-corrected chi connectivity index (χ0v) is 11.6. The van der Waals surface area contributed by atoms with Gasteiger partial charge in [0.15, 0.2) is 0 Å². The van der Waals surface area contributed by atoms with Crippen molar-refractivity contribution in [1.29, 1.82) is 0 Å². The van der Waals surface area contributed by atoms with Crippen molar-refractivity contribution < 1.29 is 9.53 Å². The Hall–Kier alpha value is -1.51. The number of anilines is 1. The van der Waals surface area contributed by atoms with Crippen molar-refractivity contribution in [1.82, 2.24) is 0 Å². The van der Waals surface area contributed by atoms with Crippen molar-refractivity contribution in [3.63, 3.8) is 0 Å². The molecule has 1 atom stereocenters. The van der Waals surface area contributed by atoms with Crippen LogP contribution in [-0.2, 0) is 9.53 Å². The average molecular weight is 247 g/mol. The van der Waals surface area contributed by atoms with Gasteiger partial charge in [-0.1, -0.05) is 32.0 Å². The van der Waals surface area contributed by atoms with Gasteiger partial charge in [-0.25, -0.2) is 4.79 Å². The Morgan fingerprint density at radius 3 is 2.83 bits per heavy atom. The number of nitrogens with zero attached hydrogens (tertiary/aromatic N) is 1. The van der Waals surface area contributed by atoms with Gasteiger partial charge in [0.1, 0.15) is 6.04 Å². The van der Waals surface area contributed by atoms with Gasteiger partial charge in [0.05, 0.1) is 13.2 Å². The first kappa shape index (κ1) is 12.9. The number of hydrogen-bond acceptors (Lipinski definition) is 3. The number of rotatable bonds is 4. The first-order chi connectivity index (χ1) is 8.56. The highest BCUT2D eigenvalue weighted by Crippen LogP contribution is 2.37. The first-order valence-electron chi connectivity index (χ1n) is 6.59. The van der Waals surface area contributed by atoms with Crippen LogP contribution in [0.15, 0.2) is 18.2 Å². The number of para-hydroxylation sites is 1. The molecule has 98 valence electrons. The minimum Gasteiger partial charge on any atom is -0.464 e. The minimum atomic E-state index is -0.101. The van der Waals surface area contributed by atoms with Crippen molar-refractivity contribution in [2.75, 3.05) is 18.1 Å². The largest absolute Gasteiger partial charge is 0.464 e. The van der Waals surface area contributed by atoms with Crippen molar-refractivity contribution in [2.24, 2.45) is 0 Å². The van der Waals surface area contributed by atoms with Crippen LogP contribution in [-0.4, -0.2) is 25.2 Å². The van der Waals surface area contributed by atoms with E-state index in [-0.39, 0.29) is 12.0 Å². The van der Waals surface area contributed by atoms with E-state index in [9.17, 15) is 4.79 Å². The second kappa shape index (κ2) is 5.01. The molecule has 1 aliphatic heterocycles. The number of carbonyl (C=O) groups is 1. The van der Waals surface area contributed by atoms with Crippen LogP contribution in [0.4, 0.5) is 5.69 Å². The fourth-order valence-corrected chi connectivity index (χ4v) is 2.37. The third-order valence-corrected chi connectivity index (χ3v) is 3.35. The summed E-state index contributed by atoms with van der Waals surface area (Å²) in [7, 11) is 0. The molecule has 0 amide bonds. The zero-order chi connectivity index (χ0) is 13.3. The molecule has 1 aromatic rings. The van der Waals surface area contributed by atoms with Crippen LogP contribution < -0.4 is 4.90 Å². The predicted molar refractivity (Wildman–Crippen MR) is 73.0 cm³/mol. The van der Waals surface area contributed by atoms with Crippen LogP contribution in [0, 0.1) is 6.92 Å². The maximum Gasteiger partial charge on any atom is 0.330 e. The number of hydrogen-bond donors (Lipinski definition) is 0. The highest BCUT2D eigenvalue weighted by molar-refractivity contribution is 5.87. The Kier molecular flexibility index (Phi) is 3.60. The lowest BCUT2D eigenvalue weighted by Crippen LogP contribution is -2.17. The van der Waals surface area contributed by atoms with E-state index in [1.807, 2.05) is 6.92 Å². The Morgan fingerprint density at radius 1 is 1.50 bits per heavy atom. The number of esters is 1. The van der Waals surface area contributed by atoms with Crippen molar-refractivity contribution in [3.05, 3.63) is 29.3 Å². The molecule has 0 N–H and O–H groups in total. The second-order valence-electron chi connectivity index (χ2n) is 5.09. The summed E-state index contributed by atoms with van der Waals surface area (Å²) >= 11 is 0. The van der Waals surface area contributed by atoms with Crippen molar-refractivity contribution >= 4 is 11.7 Å². The molecule has 0 saturated carbocycles. The van der Waals surface area contributed by atoms with E-state index in [1.54, 1.807) is 0 Å². The van der Waals surface area contributed by atoms with Crippen LogP contribution in [0.5, 0.6) is 0 Å². The monoisotopic (exact) mass is 247 g/mol. The fraction of sp³-hybridized carbons (Fsp3) is 0.533. The molecule has 1 heterocycles. The number of carbonyl (C=O) groups excluding carboxylic acids is 1. The van der Waals surface area contributed by atoms with E-state index >= 15 is 0 Å². The average Bonchev–Trinajstić information content (AvgIpc) is 3.08. The van der Waals surface area contributed by atoms with Gasteiger partial charge in [0.25, 0.3) is 0 Å². The zero-order valence-electron chi connectivity index (χ0n) is 11.6. The lowest BCUT2D eigenvalue weighted by Gasteiger charge is -2.17. The molecule has 2 rings (SSSR count). The van der Waals surface area contributed by atoms with E-state index in [0.29, 0.717) is 12.5 Å². The fourth-order valence-electron chi connectivity index (χ4n) is 2.37. The van der Waals surface area contributed by atoms with E-state index in [0.717, 1.165) is 6.54 Å². The van der Waals surface area contributed by atoms with Gasteiger partial charge in [-0.3, -0.25) is 0 Å². The molecule has 1 aliphatic rings. The Labute approximate surface area is 109 Å². The molecule has 0 bridgehead atoms. The van der Waals surface area contributed by atoms with Gasteiger partial charge < -0.3 is 9.64 Å². The standard InChI is InChI=1S/C15H21NO2/c1-5-18-15(17)13-9-16(13)14-11(4)7-6-8-12(14)10(2)3/h6-8,10,13H,5,9H2,1-4H3.